The van der Waals surface area contributed by atoms with Crippen molar-refractivity contribution >= 4 is 49.7 Å². The monoisotopic (exact) mass is 1580 g/mol. The van der Waals surface area contributed by atoms with E-state index in [1.165, 1.54) is 18.1 Å². The predicted octanol–water partition coefficient (Wildman–Crippen LogP) is -2.45. The Kier molecular flexibility index (Phi) is 34.7. The molecule has 0 radical (unpaired) electrons. The van der Waals surface area contributed by atoms with Gasteiger partial charge in [-0.3, -0.25) is 37.8 Å². The van der Waals surface area contributed by atoms with E-state index >= 15 is 0 Å². The normalized spacial score (nSPS) is 35.6. The zero-order valence-electron chi connectivity index (χ0n) is 62.2. The number of nitrogens with one attached hydrogen (secondary N) is 4. The number of allylic oxidation sites excluding steroid dienone is 9. The third kappa shape index (κ3) is 25.5. The van der Waals surface area contributed by atoms with Crippen LogP contribution in [0.15, 0.2) is 70.6 Å². The largest absolute Gasteiger partial charge is 0.511 e. The maximum absolute atomic E-state index is 14.1. The zero-order chi connectivity index (χ0) is 81.3. The molecule has 618 valence electrons. The Morgan fingerprint density at radius 1 is 0.725 bits per heavy atom. The van der Waals surface area contributed by atoms with Crippen molar-refractivity contribution in [3.8, 4) is 0 Å². The van der Waals surface area contributed by atoms with E-state index < -0.39 is 233 Å². The highest BCUT2D eigenvalue weighted by Crippen LogP contribution is 2.49. The van der Waals surface area contributed by atoms with Crippen molar-refractivity contribution in [3.63, 3.8) is 0 Å². The Balaban J connectivity index is 1.24. The number of carbonyl (C=O) groups excluding carboxylic acids is 6. The van der Waals surface area contributed by atoms with Crippen LogP contribution in [0.3, 0.4) is 0 Å². The molecule has 39 nitrogen and oxygen atoms in total. The fourth-order valence-electron chi connectivity index (χ4n) is 12.7. The topological polar surface area (TPSA) is 594 Å². The molecule has 6 aliphatic rings. The fourth-order valence-corrected chi connectivity index (χ4v) is 13.5. The minimum Gasteiger partial charge on any atom is -0.511 e. The van der Waals surface area contributed by atoms with Crippen LogP contribution in [0, 0.1) is 5.41 Å². The van der Waals surface area contributed by atoms with Crippen LogP contribution in [-0.2, 0) is 99.4 Å². The van der Waals surface area contributed by atoms with Gasteiger partial charge in [0.15, 0.2) is 55.7 Å². The van der Waals surface area contributed by atoms with Gasteiger partial charge in [-0.05, 0) is 91.9 Å². The molecule has 26 unspecified atom stereocenters. The summed E-state index contributed by atoms with van der Waals surface area (Å²) in [4.78, 5) is 105. The van der Waals surface area contributed by atoms with Crippen LogP contribution in [0.25, 0.3) is 0 Å². The summed E-state index contributed by atoms with van der Waals surface area (Å²) >= 11 is 0. The van der Waals surface area contributed by atoms with Gasteiger partial charge in [-0.25, -0.2) is 9.36 Å². The molecular weight excluding hydrogens is 1470 g/mol. The summed E-state index contributed by atoms with van der Waals surface area (Å²) in [6, 6.07) is -6.11. The van der Waals surface area contributed by atoms with E-state index in [0.29, 0.717) is 12.8 Å². The molecular formula is C69H108N5O34P. The molecule has 27 atom stereocenters. The third-order valence-corrected chi connectivity index (χ3v) is 19.9. The molecule has 1 aliphatic carbocycles. The Bertz CT molecular complexity index is 3330. The lowest BCUT2D eigenvalue weighted by Gasteiger charge is -2.52. The molecule has 0 saturated carbocycles. The smallest absolute Gasteiger partial charge is 0.474 e. The Morgan fingerprint density at radius 2 is 1.31 bits per heavy atom. The number of carboxylic acids is 1. The van der Waals surface area contributed by atoms with Crippen molar-refractivity contribution < 1.29 is 166 Å². The van der Waals surface area contributed by atoms with Gasteiger partial charge >= 0.3 is 20.3 Å². The number of rotatable bonds is 39. The van der Waals surface area contributed by atoms with Gasteiger partial charge in [-0.2, -0.15) is 0 Å². The second-order valence-corrected chi connectivity index (χ2v) is 30.2. The van der Waals surface area contributed by atoms with Gasteiger partial charge in [0.1, 0.15) is 114 Å². The number of aliphatic hydroxyl groups excluding tert-OH is 10. The van der Waals surface area contributed by atoms with Crippen LogP contribution in [0.4, 0.5) is 0 Å². The van der Waals surface area contributed by atoms with Crippen molar-refractivity contribution in [3.05, 3.63) is 70.6 Å². The first-order valence-electron chi connectivity index (χ1n) is 35.4. The molecule has 5 heterocycles. The van der Waals surface area contributed by atoms with Crippen LogP contribution in [0.2, 0.25) is 0 Å². The Morgan fingerprint density at radius 3 is 1.91 bits per heavy atom. The fraction of sp³-hybridized carbons (Fsp3) is 0.725. The standard InChI is InChI=1S/C69H108N5O34P/c1-31(2)15-14-17-32(3)18-19-34(5)22-25-68(9,10)24-13-12-16-33(4)23-26-96-42(62(91)92)29-99-109(94,95)108-67-56(57(74-98-30-76)69(11,93)58(106-67)59(70)89)105-64-45(72-37(8)78)48(83)55(41(102-64)28-97-65-52(87)49(84)46(81)40(27-75)101-65)104-63-44(71-36(7)77)47(82)54(35(6)100-63)103-66-53(88)50(85)51(86)61(107-66)73-60(90)43-38(79)20-21-39(43)80/h13,15,18,23-24,30,35,40-42,44-58,61,63-67,74-75,79,81-88,93H,5,12,14,16-17,19-22,25-29H2,1-4,6-11H3,(H2,70,89)(H,71,77)(H,72,78)(H,73,90)(H,91,92)(H,94,95)/b24-13+,32-18+,33-23-/t35?,40?,41?,42-,44?,45?,46?,47?,48?,49?,50?,51?,52?,53?,54?,55?,56?,57?,58?,61?,63?,64?,65?,66?,67?,69?/m1/s1. The predicted molar refractivity (Wildman–Crippen MR) is 371 cm³/mol. The molecule has 0 aromatic heterocycles. The number of ether oxygens (including phenoxy) is 10. The second-order valence-electron chi connectivity index (χ2n) is 28.8. The van der Waals surface area contributed by atoms with Crippen molar-refractivity contribution in [2.75, 3.05) is 26.4 Å². The van der Waals surface area contributed by atoms with E-state index in [1.807, 2.05) is 6.08 Å². The number of hydrogen-bond acceptors (Lipinski definition) is 33. The summed E-state index contributed by atoms with van der Waals surface area (Å²) < 4.78 is 84.0. The van der Waals surface area contributed by atoms with Crippen LogP contribution in [0.5, 0.6) is 0 Å². The number of hydrogen-bond donors (Lipinski definition) is 18. The number of primary amides is 1. The maximum Gasteiger partial charge on any atom is 0.474 e. The summed E-state index contributed by atoms with van der Waals surface area (Å²) in [5.41, 5.74) is 8.70. The first kappa shape index (κ1) is 91.9. The number of ketones is 1. The van der Waals surface area contributed by atoms with E-state index in [-0.39, 0.29) is 31.3 Å². The molecule has 5 saturated heterocycles. The second kappa shape index (κ2) is 41.2. The molecule has 5 fully saturated rings. The number of nitrogens with two attached hydrogens (primary N) is 1. The molecule has 19 N–H and O–H groups in total. The number of carbonyl (C=O) groups is 7. The van der Waals surface area contributed by atoms with Crippen molar-refractivity contribution in [1.82, 2.24) is 21.4 Å². The van der Waals surface area contributed by atoms with Gasteiger partial charge in [0, 0.05) is 26.7 Å². The van der Waals surface area contributed by atoms with Gasteiger partial charge in [0.2, 0.25) is 17.7 Å². The number of phosphoric acid groups is 1. The summed E-state index contributed by atoms with van der Waals surface area (Å²) in [6.07, 6.45) is -30.2. The Hall–Kier alpha value is -6.00. The molecule has 0 spiro atoms. The quantitative estimate of drug-likeness (QED) is 0.00999. The van der Waals surface area contributed by atoms with Gasteiger partial charge in [0.05, 0.1) is 32.5 Å². The molecule has 0 aromatic rings. The van der Waals surface area contributed by atoms with E-state index in [0.717, 1.165) is 64.0 Å². The highest BCUT2D eigenvalue weighted by molar-refractivity contribution is 7.47. The summed E-state index contributed by atoms with van der Waals surface area (Å²) in [5, 5.41) is 139. The number of Topliss-reactive ketones (excluding diaryl/α,β-unsaturated/α-hetero) is 1. The molecule has 6 rings (SSSR count). The highest BCUT2D eigenvalue weighted by atomic mass is 31.2. The van der Waals surface area contributed by atoms with Crippen LogP contribution in [0.1, 0.15) is 127 Å². The van der Waals surface area contributed by atoms with Crippen LogP contribution < -0.4 is 27.2 Å². The molecule has 0 aromatic carbocycles. The minimum atomic E-state index is -5.81. The van der Waals surface area contributed by atoms with E-state index in [2.05, 4.69) is 80.9 Å². The zero-order valence-corrected chi connectivity index (χ0v) is 63.1. The lowest BCUT2D eigenvalue weighted by molar-refractivity contribution is -0.372. The summed E-state index contributed by atoms with van der Waals surface area (Å²) in [5.74, 6) is -7.65. The van der Waals surface area contributed by atoms with Crippen LogP contribution in [-0.4, -0.2) is 294 Å². The molecule has 109 heavy (non-hydrogen) atoms. The molecule has 4 amide bonds. The highest BCUT2D eigenvalue weighted by Gasteiger charge is 2.61. The van der Waals surface area contributed by atoms with Crippen molar-refractivity contribution in [2.24, 2.45) is 11.1 Å². The van der Waals surface area contributed by atoms with Crippen LogP contribution >= 0.6 is 7.82 Å². The average molecular weight is 1580 g/mol. The van der Waals surface area contributed by atoms with Crippen molar-refractivity contribution in [2.45, 2.75) is 286 Å². The average Bonchev–Trinajstić information content (AvgIpc) is 1.06. The summed E-state index contributed by atoms with van der Waals surface area (Å²) in [7, 11) is -5.81. The number of aliphatic hydroxyl groups is 11. The lowest BCUT2D eigenvalue weighted by atomic mass is 9.83. The van der Waals surface area contributed by atoms with E-state index in [9.17, 15) is 104 Å². The molecule has 40 heteroatoms. The molecule has 5 aliphatic heterocycles. The number of phosphoric ester groups is 1. The van der Waals surface area contributed by atoms with Crippen molar-refractivity contribution in [1.29, 1.82) is 0 Å². The lowest BCUT2D eigenvalue weighted by Crippen LogP contribution is -2.74. The number of hydroxylamine groups is 1. The third-order valence-electron chi connectivity index (χ3n) is 19.0. The first-order chi connectivity index (χ1) is 51.0. The number of carboxylic acid groups (broad SMARTS) is 1. The Labute approximate surface area is 628 Å². The van der Waals surface area contributed by atoms with Gasteiger partial charge in [-0.15, -0.1) is 5.48 Å². The minimum absolute atomic E-state index is 0.142. The number of amides is 4. The van der Waals surface area contributed by atoms with Gasteiger partial charge in [0.25, 0.3) is 5.91 Å². The van der Waals surface area contributed by atoms with E-state index in [1.54, 1.807) is 13.0 Å². The van der Waals surface area contributed by atoms with Gasteiger partial charge < -0.3 is 140 Å². The number of aliphatic carboxylic acids is 1. The SMILES string of the molecule is C=C(C/C=C(\C)CCC=C(C)C)CCC(C)(C)/C=C/CC/C(C)=C\CO[C@H](COP(=O)(O)OC1OC(C(N)=O)C(C)(O)C(NOC=O)C1OC1OC(COC2OC(CO)C(O)C(O)C2O)C(OC2OC(C)C(OC3OC(NC(=O)C4=C(O)CCC4=O)C(O)C(O)C3O)C(O)C2NC(C)=O)C(O)C1NC(C)=O)C(=O)O. The van der Waals surface area contributed by atoms with Gasteiger partial charge in [-0.1, -0.05) is 73.1 Å². The first-order valence-corrected chi connectivity index (χ1v) is 36.9. The molecule has 0 bridgehead atoms. The van der Waals surface area contributed by atoms with E-state index in [4.69, 9.17) is 67.0 Å². The summed E-state index contributed by atoms with van der Waals surface area (Å²) in [6.45, 7) is 16.8. The maximum atomic E-state index is 14.1.